The number of amides is 1. The van der Waals surface area contributed by atoms with Crippen LogP contribution in [0.15, 0.2) is 4.99 Å². The molecule has 0 radical (unpaired) electrons. The van der Waals surface area contributed by atoms with Crippen molar-refractivity contribution in [2.24, 2.45) is 16.6 Å². The van der Waals surface area contributed by atoms with Gasteiger partial charge in [0.1, 0.15) is 0 Å². The first-order chi connectivity index (χ1) is 8.17. The molecule has 98 valence electrons. The molecule has 1 fully saturated rings. The molecule has 1 atom stereocenters. The van der Waals surface area contributed by atoms with Crippen LogP contribution < -0.4 is 11.1 Å². The summed E-state index contributed by atoms with van der Waals surface area (Å²) < 4.78 is 0. The topological polar surface area (TPSA) is 70.7 Å². The minimum Gasteiger partial charge on any atom is -0.370 e. The van der Waals surface area contributed by atoms with Crippen molar-refractivity contribution >= 4 is 11.9 Å². The Labute approximate surface area is 103 Å². The Kier molecular flexibility index (Phi) is 5.80. The van der Waals surface area contributed by atoms with Crippen molar-refractivity contribution in [2.75, 3.05) is 26.2 Å². The Hall–Kier alpha value is -1.26. The molecule has 1 amide bonds. The maximum atomic E-state index is 11.0. The number of rotatable bonds is 4. The SMILES string of the molecule is CCN=C(NCC)N1CCCC(CC(N)=O)C1. The standard InChI is InChI=1S/C12H24N4O/c1-3-14-12(15-4-2)16-7-5-6-10(9-16)8-11(13)17/h10H,3-9H2,1-2H3,(H2,13,17)(H,14,15). The largest absolute Gasteiger partial charge is 0.370 e. The van der Waals surface area contributed by atoms with E-state index in [1.807, 2.05) is 6.92 Å². The number of aliphatic imine (C=N–C) groups is 1. The number of likely N-dealkylation sites (tertiary alicyclic amines) is 1. The summed E-state index contributed by atoms with van der Waals surface area (Å²) in [7, 11) is 0. The van der Waals surface area contributed by atoms with Gasteiger partial charge in [-0.2, -0.15) is 0 Å². The van der Waals surface area contributed by atoms with E-state index >= 15 is 0 Å². The minimum atomic E-state index is -0.200. The lowest BCUT2D eigenvalue weighted by atomic mass is 9.95. The molecular weight excluding hydrogens is 216 g/mol. The van der Waals surface area contributed by atoms with E-state index in [2.05, 4.69) is 22.1 Å². The lowest BCUT2D eigenvalue weighted by Gasteiger charge is -2.34. The summed E-state index contributed by atoms with van der Waals surface area (Å²) in [5, 5.41) is 3.29. The Morgan fingerprint density at radius 3 is 2.88 bits per heavy atom. The number of carbonyl (C=O) groups is 1. The zero-order valence-corrected chi connectivity index (χ0v) is 10.9. The Balaban J connectivity index is 2.57. The first kappa shape index (κ1) is 13.8. The van der Waals surface area contributed by atoms with Gasteiger partial charge in [0.05, 0.1) is 0 Å². The second-order valence-corrected chi connectivity index (χ2v) is 4.45. The minimum absolute atomic E-state index is 0.200. The van der Waals surface area contributed by atoms with Crippen LogP contribution in [0, 0.1) is 5.92 Å². The highest BCUT2D eigenvalue weighted by Crippen LogP contribution is 2.19. The van der Waals surface area contributed by atoms with Crippen molar-refractivity contribution in [1.82, 2.24) is 10.2 Å². The fraction of sp³-hybridized carbons (Fsp3) is 0.833. The molecule has 0 bridgehead atoms. The molecule has 1 rings (SSSR count). The highest BCUT2D eigenvalue weighted by molar-refractivity contribution is 5.80. The van der Waals surface area contributed by atoms with Crippen LogP contribution in [0.5, 0.6) is 0 Å². The van der Waals surface area contributed by atoms with E-state index in [1.165, 1.54) is 0 Å². The third-order valence-electron chi connectivity index (χ3n) is 2.95. The van der Waals surface area contributed by atoms with Crippen LogP contribution in [-0.2, 0) is 4.79 Å². The van der Waals surface area contributed by atoms with Crippen molar-refractivity contribution in [3.05, 3.63) is 0 Å². The average molecular weight is 240 g/mol. The van der Waals surface area contributed by atoms with Crippen LogP contribution in [0.1, 0.15) is 33.1 Å². The number of piperidine rings is 1. The van der Waals surface area contributed by atoms with E-state index in [1.54, 1.807) is 0 Å². The molecule has 0 aromatic rings. The molecule has 3 N–H and O–H groups in total. The van der Waals surface area contributed by atoms with Gasteiger partial charge in [-0.3, -0.25) is 9.79 Å². The monoisotopic (exact) mass is 240 g/mol. The van der Waals surface area contributed by atoms with E-state index in [4.69, 9.17) is 5.73 Å². The Morgan fingerprint density at radius 2 is 2.29 bits per heavy atom. The first-order valence-corrected chi connectivity index (χ1v) is 6.48. The number of nitrogens with two attached hydrogens (primary N) is 1. The van der Waals surface area contributed by atoms with Crippen LogP contribution in [0.2, 0.25) is 0 Å². The van der Waals surface area contributed by atoms with Crippen LogP contribution in [0.3, 0.4) is 0 Å². The van der Waals surface area contributed by atoms with Gasteiger partial charge in [0.2, 0.25) is 5.91 Å². The second-order valence-electron chi connectivity index (χ2n) is 4.45. The Morgan fingerprint density at radius 1 is 1.53 bits per heavy atom. The number of guanidine groups is 1. The van der Waals surface area contributed by atoms with Crippen LogP contribution in [0.4, 0.5) is 0 Å². The van der Waals surface area contributed by atoms with Crippen LogP contribution in [-0.4, -0.2) is 42.9 Å². The molecule has 0 aromatic heterocycles. The van der Waals surface area contributed by atoms with Gasteiger partial charge in [-0.05, 0) is 32.6 Å². The molecule has 1 saturated heterocycles. The molecule has 17 heavy (non-hydrogen) atoms. The van der Waals surface area contributed by atoms with Gasteiger partial charge < -0.3 is 16.0 Å². The van der Waals surface area contributed by atoms with Crippen LogP contribution >= 0.6 is 0 Å². The fourth-order valence-electron chi connectivity index (χ4n) is 2.28. The highest BCUT2D eigenvalue weighted by Gasteiger charge is 2.23. The summed E-state index contributed by atoms with van der Waals surface area (Å²) in [6.07, 6.45) is 2.68. The molecule has 0 spiro atoms. The predicted octanol–water partition coefficient (Wildman–Crippen LogP) is 0.559. The van der Waals surface area contributed by atoms with Crippen molar-refractivity contribution in [3.8, 4) is 0 Å². The molecule has 1 aliphatic rings. The number of carbonyl (C=O) groups excluding carboxylic acids is 1. The summed E-state index contributed by atoms with van der Waals surface area (Å²) in [5.74, 6) is 1.14. The maximum Gasteiger partial charge on any atom is 0.217 e. The fourth-order valence-corrected chi connectivity index (χ4v) is 2.28. The van der Waals surface area contributed by atoms with Crippen molar-refractivity contribution in [1.29, 1.82) is 0 Å². The molecular formula is C12H24N4O. The highest BCUT2D eigenvalue weighted by atomic mass is 16.1. The van der Waals surface area contributed by atoms with Crippen molar-refractivity contribution < 1.29 is 4.79 Å². The van der Waals surface area contributed by atoms with Gasteiger partial charge in [0, 0.05) is 32.6 Å². The van der Waals surface area contributed by atoms with Gasteiger partial charge in [-0.15, -0.1) is 0 Å². The number of primary amides is 1. The third-order valence-corrected chi connectivity index (χ3v) is 2.95. The summed E-state index contributed by atoms with van der Waals surface area (Å²) in [6.45, 7) is 7.64. The average Bonchev–Trinajstić information content (AvgIpc) is 2.28. The number of hydrogen-bond acceptors (Lipinski definition) is 2. The molecule has 0 aromatic carbocycles. The normalized spacial score (nSPS) is 21.4. The molecule has 5 nitrogen and oxygen atoms in total. The van der Waals surface area contributed by atoms with Gasteiger partial charge >= 0.3 is 0 Å². The lowest BCUT2D eigenvalue weighted by Crippen LogP contribution is -2.47. The van der Waals surface area contributed by atoms with E-state index in [-0.39, 0.29) is 5.91 Å². The van der Waals surface area contributed by atoms with E-state index < -0.39 is 0 Å². The van der Waals surface area contributed by atoms with Gasteiger partial charge in [-0.25, -0.2) is 0 Å². The van der Waals surface area contributed by atoms with Gasteiger partial charge in [-0.1, -0.05) is 0 Å². The predicted molar refractivity (Wildman–Crippen MR) is 69.8 cm³/mol. The molecule has 5 heteroatoms. The maximum absolute atomic E-state index is 11.0. The van der Waals surface area contributed by atoms with Crippen LogP contribution in [0.25, 0.3) is 0 Å². The number of hydrogen-bond donors (Lipinski definition) is 2. The zero-order chi connectivity index (χ0) is 12.7. The molecule has 0 saturated carbocycles. The van der Waals surface area contributed by atoms with E-state index in [0.717, 1.165) is 45.0 Å². The van der Waals surface area contributed by atoms with E-state index in [0.29, 0.717) is 12.3 Å². The second kappa shape index (κ2) is 7.14. The number of nitrogens with one attached hydrogen (secondary N) is 1. The molecule has 1 heterocycles. The number of nitrogens with zero attached hydrogens (tertiary/aromatic N) is 2. The van der Waals surface area contributed by atoms with E-state index in [9.17, 15) is 4.79 Å². The summed E-state index contributed by atoms with van der Waals surface area (Å²) in [6, 6.07) is 0. The van der Waals surface area contributed by atoms with Gasteiger partial charge in [0.25, 0.3) is 0 Å². The summed E-state index contributed by atoms with van der Waals surface area (Å²) >= 11 is 0. The summed E-state index contributed by atoms with van der Waals surface area (Å²) in [5.41, 5.74) is 5.26. The van der Waals surface area contributed by atoms with Gasteiger partial charge in [0.15, 0.2) is 5.96 Å². The summed E-state index contributed by atoms with van der Waals surface area (Å²) in [4.78, 5) is 17.7. The van der Waals surface area contributed by atoms with Crippen molar-refractivity contribution in [2.45, 2.75) is 33.1 Å². The lowest BCUT2D eigenvalue weighted by molar-refractivity contribution is -0.119. The molecule has 1 aliphatic heterocycles. The molecule has 0 aliphatic carbocycles. The third kappa shape index (κ3) is 4.63. The molecule has 1 unspecified atom stereocenters. The smallest absolute Gasteiger partial charge is 0.217 e. The first-order valence-electron chi connectivity index (χ1n) is 6.48. The van der Waals surface area contributed by atoms with Crippen molar-refractivity contribution in [3.63, 3.8) is 0 Å². The quantitative estimate of drug-likeness (QED) is 0.557. The zero-order valence-electron chi connectivity index (χ0n) is 10.9. The Bertz CT molecular complexity index is 278.